The van der Waals surface area contributed by atoms with E-state index in [1.807, 2.05) is 0 Å². The lowest BCUT2D eigenvalue weighted by Crippen LogP contribution is -2.53. The molecule has 0 saturated carbocycles. The van der Waals surface area contributed by atoms with Gasteiger partial charge >= 0.3 is 0 Å². The quantitative estimate of drug-likeness (QED) is 0.536. The van der Waals surface area contributed by atoms with E-state index in [0.717, 1.165) is 13.1 Å². The Balaban J connectivity index is 2.71. The molecule has 1 saturated heterocycles. The van der Waals surface area contributed by atoms with Crippen molar-refractivity contribution in [1.29, 1.82) is 0 Å². The summed E-state index contributed by atoms with van der Waals surface area (Å²) in [6.45, 7) is 11.3. The van der Waals surface area contributed by atoms with Gasteiger partial charge in [-0.25, -0.2) is 3.11 Å². The summed E-state index contributed by atoms with van der Waals surface area (Å²) in [5.74, 6) is 0. The lowest BCUT2D eigenvalue weighted by atomic mass is 9.89. The van der Waals surface area contributed by atoms with E-state index in [0.29, 0.717) is 13.2 Å². The van der Waals surface area contributed by atoms with Gasteiger partial charge in [-0.1, -0.05) is 0 Å². The number of nitrogens with two attached hydrogens (primary N) is 1. The SMILES string of the molecule is CC1(C)OCCN(I)CC(N)COC1(C)C. The van der Waals surface area contributed by atoms with Crippen LogP contribution in [0.1, 0.15) is 27.7 Å². The highest BCUT2D eigenvalue weighted by atomic mass is 127. The number of ether oxygens (including phenoxy) is 2. The Hall–Kier alpha value is 0.570. The molecule has 0 aromatic rings. The zero-order valence-corrected chi connectivity index (χ0v) is 12.8. The molecule has 1 atom stereocenters. The monoisotopic (exact) mass is 342 g/mol. The molecule has 1 fully saturated rings. The van der Waals surface area contributed by atoms with E-state index in [9.17, 15) is 0 Å². The predicted molar refractivity (Wildman–Crippen MR) is 73.6 cm³/mol. The summed E-state index contributed by atoms with van der Waals surface area (Å²) in [6, 6.07) is 0.0603. The summed E-state index contributed by atoms with van der Waals surface area (Å²) < 4.78 is 14.0. The molecule has 0 aromatic carbocycles. The third kappa shape index (κ3) is 3.80. The van der Waals surface area contributed by atoms with Crippen molar-refractivity contribution in [3.8, 4) is 0 Å². The number of hydrogen-bond donors (Lipinski definition) is 1. The van der Waals surface area contributed by atoms with Gasteiger partial charge in [-0.3, -0.25) is 0 Å². The first kappa shape index (κ1) is 14.6. The molecule has 1 unspecified atom stereocenters. The van der Waals surface area contributed by atoms with Crippen molar-refractivity contribution in [3.63, 3.8) is 0 Å². The highest BCUT2D eigenvalue weighted by Crippen LogP contribution is 2.29. The van der Waals surface area contributed by atoms with Crippen LogP contribution in [0.3, 0.4) is 0 Å². The minimum absolute atomic E-state index is 0.0603. The van der Waals surface area contributed by atoms with Crippen LogP contribution in [0.4, 0.5) is 0 Å². The Labute approximate surface area is 112 Å². The van der Waals surface area contributed by atoms with Gasteiger partial charge in [0.15, 0.2) is 0 Å². The van der Waals surface area contributed by atoms with Gasteiger partial charge in [0.2, 0.25) is 0 Å². The molecule has 0 spiro atoms. The van der Waals surface area contributed by atoms with Gasteiger partial charge in [0.1, 0.15) is 0 Å². The number of halogens is 1. The lowest BCUT2D eigenvalue weighted by molar-refractivity contribution is -0.181. The van der Waals surface area contributed by atoms with Gasteiger partial charge in [-0.2, -0.15) is 0 Å². The van der Waals surface area contributed by atoms with Gasteiger partial charge in [0.25, 0.3) is 0 Å². The normalized spacial score (nSPS) is 32.2. The average molecular weight is 342 g/mol. The predicted octanol–water partition coefficient (Wildman–Crippen LogP) is 1.57. The number of rotatable bonds is 0. The minimum Gasteiger partial charge on any atom is -0.371 e. The summed E-state index contributed by atoms with van der Waals surface area (Å²) in [5, 5.41) is 0. The second kappa shape index (κ2) is 5.48. The van der Waals surface area contributed by atoms with Crippen LogP contribution < -0.4 is 5.73 Å². The highest BCUT2D eigenvalue weighted by molar-refractivity contribution is 14.1. The van der Waals surface area contributed by atoms with Gasteiger partial charge in [0, 0.05) is 42.0 Å². The topological polar surface area (TPSA) is 47.7 Å². The average Bonchev–Trinajstić information content (AvgIpc) is 2.13. The molecule has 1 aliphatic rings. The molecule has 5 heteroatoms. The van der Waals surface area contributed by atoms with Crippen LogP contribution in [0.25, 0.3) is 0 Å². The highest BCUT2D eigenvalue weighted by Gasteiger charge is 2.39. The number of hydrogen-bond acceptors (Lipinski definition) is 4. The van der Waals surface area contributed by atoms with Gasteiger partial charge in [0.05, 0.1) is 24.4 Å². The van der Waals surface area contributed by atoms with Crippen molar-refractivity contribution in [2.45, 2.75) is 44.9 Å². The summed E-state index contributed by atoms with van der Waals surface area (Å²) >= 11 is 2.28. The smallest absolute Gasteiger partial charge is 0.0910 e. The van der Waals surface area contributed by atoms with Crippen LogP contribution in [0.15, 0.2) is 0 Å². The summed E-state index contributed by atoms with van der Waals surface area (Å²) in [6.07, 6.45) is 0. The van der Waals surface area contributed by atoms with Crippen molar-refractivity contribution in [1.82, 2.24) is 3.11 Å². The molecular formula is C11H23IN2O2. The Morgan fingerprint density at radius 2 is 1.75 bits per heavy atom. The molecule has 0 aromatic heterocycles. The minimum atomic E-state index is -0.321. The molecule has 1 rings (SSSR count). The third-order valence-corrected chi connectivity index (χ3v) is 4.21. The second-order valence-electron chi connectivity index (χ2n) is 5.31. The van der Waals surface area contributed by atoms with Crippen molar-refractivity contribution < 1.29 is 9.47 Å². The Morgan fingerprint density at radius 1 is 1.19 bits per heavy atom. The molecule has 1 aliphatic heterocycles. The Kier molecular flexibility index (Phi) is 5.01. The molecular weight excluding hydrogens is 319 g/mol. The van der Waals surface area contributed by atoms with E-state index in [4.69, 9.17) is 15.2 Å². The first-order chi connectivity index (χ1) is 7.24. The first-order valence-electron chi connectivity index (χ1n) is 5.69. The number of nitrogens with zero attached hydrogens (tertiary/aromatic N) is 1. The van der Waals surface area contributed by atoms with E-state index < -0.39 is 0 Å². The summed E-state index contributed by atoms with van der Waals surface area (Å²) in [4.78, 5) is 0. The molecule has 96 valence electrons. The van der Waals surface area contributed by atoms with Gasteiger partial charge < -0.3 is 15.2 Å². The fourth-order valence-corrected chi connectivity index (χ4v) is 2.16. The molecule has 0 amide bonds. The van der Waals surface area contributed by atoms with Crippen LogP contribution in [0.2, 0.25) is 0 Å². The van der Waals surface area contributed by atoms with Crippen molar-refractivity contribution in [3.05, 3.63) is 0 Å². The van der Waals surface area contributed by atoms with E-state index in [1.165, 1.54) is 0 Å². The van der Waals surface area contributed by atoms with E-state index >= 15 is 0 Å². The fraction of sp³-hybridized carbons (Fsp3) is 1.00. The maximum atomic E-state index is 6.01. The summed E-state index contributed by atoms with van der Waals surface area (Å²) in [7, 11) is 0. The summed E-state index contributed by atoms with van der Waals surface area (Å²) in [5.41, 5.74) is 5.39. The van der Waals surface area contributed by atoms with Gasteiger partial charge in [-0.15, -0.1) is 0 Å². The van der Waals surface area contributed by atoms with Crippen LogP contribution in [-0.2, 0) is 9.47 Å². The zero-order valence-electron chi connectivity index (χ0n) is 10.6. The van der Waals surface area contributed by atoms with Crippen molar-refractivity contribution in [2.24, 2.45) is 5.73 Å². The first-order valence-corrected chi connectivity index (χ1v) is 6.65. The molecule has 1 heterocycles. The Bertz CT molecular complexity index is 234. The molecule has 0 bridgehead atoms. The molecule has 16 heavy (non-hydrogen) atoms. The largest absolute Gasteiger partial charge is 0.371 e. The van der Waals surface area contributed by atoms with E-state index in [1.54, 1.807) is 0 Å². The van der Waals surface area contributed by atoms with Crippen LogP contribution in [0, 0.1) is 0 Å². The standard InChI is InChI=1S/C11H23IN2O2/c1-10(2)11(3,4)16-8-9(13)7-14(12)5-6-15-10/h9H,5-8,13H2,1-4H3. The third-order valence-electron chi connectivity index (χ3n) is 3.34. The molecule has 2 N–H and O–H groups in total. The van der Waals surface area contributed by atoms with E-state index in [2.05, 4.69) is 53.7 Å². The van der Waals surface area contributed by atoms with Crippen LogP contribution in [0.5, 0.6) is 0 Å². The second-order valence-corrected chi connectivity index (χ2v) is 6.67. The van der Waals surface area contributed by atoms with Crippen LogP contribution >= 0.6 is 22.9 Å². The fourth-order valence-electron chi connectivity index (χ4n) is 1.46. The molecule has 0 aliphatic carbocycles. The zero-order chi connectivity index (χ0) is 12.4. The maximum Gasteiger partial charge on any atom is 0.0910 e. The van der Waals surface area contributed by atoms with Crippen LogP contribution in [-0.4, -0.2) is 46.7 Å². The van der Waals surface area contributed by atoms with E-state index in [-0.39, 0.29) is 17.2 Å². The molecule has 0 radical (unpaired) electrons. The maximum absolute atomic E-state index is 6.01. The van der Waals surface area contributed by atoms with Gasteiger partial charge in [-0.05, 0) is 27.7 Å². The van der Waals surface area contributed by atoms with Crippen molar-refractivity contribution >= 4 is 22.9 Å². The van der Waals surface area contributed by atoms with Crippen molar-refractivity contribution in [2.75, 3.05) is 26.3 Å². The lowest BCUT2D eigenvalue weighted by Gasteiger charge is -2.42. The molecule has 4 nitrogen and oxygen atoms in total. The Morgan fingerprint density at radius 3 is 2.38 bits per heavy atom.